The average Bonchev–Trinajstić information content (AvgIpc) is 2.57. The van der Waals surface area contributed by atoms with Gasteiger partial charge in [0.1, 0.15) is 11.5 Å². The third kappa shape index (κ3) is 6.56. The monoisotopic (exact) mass is 427 g/mol. The van der Waals surface area contributed by atoms with Crippen molar-refractivity contribution in [3.63, 3.8) is 0 Å². The molecule has 0 aliphatic carbocycles. The van der Waals surface area contributed by atoms with E-state index >= 15 is 0 Å². The topological polar surface area (TPSA) is 64.6 Å². The van der Waals surface area contributed by atoms with E-state index in [1.54, 1.807) is 0 Å². The number of rotatable bonds is 9. The molecule has 1 N–H and O–H groups in total. The predicted octanol–water partition coefficient (Wildman–Crippen LogP) is 4.06. The molecule has 0 radical (unpaired) electrons. The summed E-state index contributed by atoms with van der Waals surface area (Å²) in [4.78, 5) is -0.213. The zero-order valence-electron chi connectivity index (χ0n) is 13.5. The van der Waals surface area contributed by atoms with Crippen molar-refractivity contribution in [1.82, 2.24) is 4.72 Å². The van der Waals surface area contributed by atoms with E-state index in [-0.39, 0.29) is 34.4 Å². The summed E-state index contributed by atoms with van der Waals surface area (Å²) in [6, 6.07) is 8.86. The molecule has 2 rings (SSSR count). The number of ether oxygens (including phenoxy) is 2. The van der Waals surface area contributed by atoms with Gasteiger partial charge in [0.25, 0.3) is 0 Å². The van der Waals surface area contributed by atoms with Crippen LogP contribution in [0.2, 0.25) is 5.02 Å². The summed E-state index contributed by atoms with van der Waals surface area (Å²) in [6.45, 7) is -5.99. The van der Waals surface area contributed by atoms with Crippen LogP contribution in [0.1, 0.15) is 5.56 Å². The molecule has 2 aromatic carbocycles. The number of benzene rings is 2. The SMILES string of the molecule is O=S(=O)(NCCc1ccc(OC(F)F)cc1)c1ccc(OC(F)F)c(Cl)c1. The summed E-state index contributed by atoms with van der Waals surface area (Å²) >= 11 is 5.74. The minimum absolute atomic E-state index is 0.00456. The lowest BCUT2D eigenvalue weighted by Gasteiger charge is -2.10. The van der Waals surface area contributed by atoms with E-state index in [1.165, 1.54) is 24.3 Å². The Balaban J connectivity index is 1.95. The van der Waals surface area contributed by atoms with Crippen molar-refractivity contribution < 1.29 is 35.5 Å². The Bertz CT molecular complexity index is 863. The van der Waals surface area contributed by atoms with E-state index in [9.17, 15) is 26.0 Å². The largest absolute Gasteiger partial charge is 0.435 e. The van der Waals surface area contributed by atoms with E-state index < -0.39 is 23.2 Å². The lowest BCUT2D eigenvalue weighted by Crippen LogP contribution is -2.26. The average molecular weight is 428 g/mol. The van der Waals surface area contributed by atoms with Gasteiger partial charge in [-0.1, -0.05) is 23.7 Å². The highest BCUT2D eigenvalue weighted by atomic mass is 35.5. The molecule has 0 saturated carbocycles. The summed E-state index contributed by atoms with van der Waals surface area (Å²) in [5.41, 5.74) is 0.693. The molecule has 5 nitrogen and oxygen atoms in total. The van der Waals surface area contributed by atoms with Gasteiger partial charge in [-0.25, -0.2) is 13.1 Å². The Morgan fingerprint density at radius 2 is 1.59 bits per heavy atom. The lowest BCUT2D eigenvalue weighted by atomic mass is 10.1. The molecule has 11 heteroatoms. The van der Waals surface area contributed by atoms with Crippen LogP contribution in [-0.4, -0.2) is 28.2 Å². The normalized spacial score (nSPS) is 11.8. The van der Waals surface area contributed by atoms with Crippen LogP contribution in [0.3, 0.4) is 0 Å². The molecule has 0 aliphatic heterocycles. The maximum Gasteiger partial charge on any atom is 0.387 e. The van der Waals surface area contributed by atoms with E-state index in [0.717, 1.165) is 18.2 Å². The van der Waals surface area contributed by atoms with Crippen LogP contribution in [-0.2, 0) is 16.4 Å². The van der Waals surface area contributed by atoms with Crippen LogP contribution < -0.4 is 14.2 Å². The highest BCUT2D eigenvalue weighted by Gasteiger charge is 2.17. The molecule has 0 aromatic heterocycles. The minimum Gasteiger partial charge on any atom is -0.435 e. The molecule has 0 fully saturated rings. The summed E-state index contributed by atoms with van der Waals surface area (Å²) in [5.74, 6) is -0.341. The number of nitrogens with one attached hydrogen (secondary N) is 1. The molecular formula is C16H14ClF4NO4S. The van der Waals surface area contributed by atoms with Gasteiger partial charge in [0.05, 0.1) is 9.92 Å². The van der Waals surface area contributed by atoms with E-state index in [1.807, 2.05) is 0 Å². The molecule has 0 saturated heterocycles. The second-order valence-corrected chi connectivity index (χ2v) is 7.32. The Morgan fingerprint density at radius 3 is 2.15 bits per heavy atom. The minimum atomic E-state index is -3.92. The lowest BCUT2D eigenvalue weighted by molar-refractivity contribution is -0.0505. The van der Waals surface area contributed by atoms with Crippen molar-refractivity contribution in [1.29, 1.82) is 0 Å². The fourth-order valence-corrected chi connectivity index (χ4v) is 3.44. The van der Waals surface area contributed by atoms with Gasteiger partial charge in [0.15, 0.2) is 0 Å². The van der Waals surface area contributed by atoms with Crippen LogP contribution in [0.4, 0.5) is 17.6 Å². The number of halogens is 5. The highest BCUT2D eigenvalue weighted by Crippen LogP contribution is 2.28. The zero-order chi connectivity index (χ0) is 20.0. The van der Waals surface area contributed by atoms with Crippen molar-refractivity contribution in [2.75, 3.05) is 6.54 Å². The van der Waals surface area contributed by atoms with Gasteiger partial charge in [-0.15, -0.1) is 0 Å². The second-order valence-electron chi connectivity index (χ2n) is 5.14. The van der Waals surface area contributed by atoms with Gasteiger partial charge in [0.2, 0.25) is 10.0 Å². The Labute approximate surface area is 157 Å². The standard InChI is InChI=1S/C16H14ClF4NO4S/c17-13-9-12(5-6-14(13)26-16(20)21)27(23,24)22-8-7-10-1-3-11(4-2-10)25-15(18)19/h1-6,9,15-16,22H,7-8H2. The quantitative estimate of drug-likeness (QED) is 0.613. The predicted molar refractivity (Wildman–Crippen MR) is 90.1 cm³/mol. The van der Waals surface area contributed by atoms with Crippen LogP contribution in [0.5, 0.6) is 11.5 Å². The Kier molecular flexibility index (Phi) is 7.28. The van der Waals surface area contributed by atoms with Crippen molar-refractivity contribution >= 4 is 21.6 Å². The van der Waals surface area contributed by atoms with Crippen LogP contribution in [0.15, 0.2) is 47.4 Å². The third-order valence-corrected chi connectivity index (χ3v) is 5.04. The van der Waals surface area contributed by atoms with Gasteiger partial charge in [-0.2, -0.15) is 17.6 Å². The van der Waals surface area contributed by atoms with Gasteiger partial charge in [-0.3, -0.25) is 0 Å². The highest BCUT2D eigenvalue weighted by molar-refractivity contribution is 7.89. The number of sulfonamides is 1. The molecule has 0 aliphatic rings. The van der Waals surface area contributed by atoms with Gasteiger partial charge < -0.3 is 9.47 Å². The Hall–Kier alpha value is -2.04. The molecule has 0 unspecified atom stereocenters. The summed E-state index contributed by atoms with van der Waals surface area (Å²) in [6.07, 6.45) is 0.286. The molecule has 0 spiro atoms. The molecule has 0 atom stereocenters. The van der Waals surface area contributed by atoms with Gasteiger partial charge in [-0.05, 0) is 42.3 Å². The summed E-state index contributed by atoms with van der Waals surface area (Å²) in [7, 11) is -3.92. The van der Waals surface area contributed by atoms with E-state index in [4.69, 9.17) is 11.6 Å². The molecule has 2 aromatic rings. The van der Waals surface area contributed by atoms with Crippen molar-refractivity contribution in [2.24, 2.45) is 0 Å². The summed E-state index contributed by atoms with van der Waals surface area (Å²) in [5, 5.41) is -0.271. The fraction of sp³-hybridized carbons (Fsp3) is 0.250. The van der Waals surface area contributed by atoms with Crippen LogP contribution in [0.25, 0.3) is 0 Å². The molecule has 0 amide bonds. The van der Waals surface area contributed by atoms with Crippen LogP contribution >= 0.6 is 11.6 Å². The fourth-order valence-electron chi connectivity index (χ4n) is 2.09. The van der Waals surface area contributed by atoms with Crippen LogP contribution in [0, 0.1) is 0 Å². The first-order chi connectivity index (χ1) is 12.7. The van der Waals surface area contributed by atoms with E-state index in [2.05, 4.69) is 14.2 Å². The Morgan fingerprint density at radius 1 is 0.963 bits per heavy atom. The van der Waals surface area contributed by atoms with Crippen molar-refractivity contribution in [3.05, 3.63) is 53.1 Å². The van der Waals surface area contributed by atoms with Gasteiger partial charge in [0, 0.05) is 6.54 Å². The maximum atomic E-state index is 12.2. The van der Waals surface area contributed by atoms with Crippen molar-refractivity contribution in [3.8, 4) is 11.5 Å². The number of alkyl halides is 4. The molecule has 27 heavy (non-hydrogen) atoms. The van der Waals surface area contributed by atoms with E-state index in [0.29, 0.717) is 5.56 Å². The first-order valence-corrected chi connectivity index (χ1v) is 9.31. The number of hydrogen-bond acceptors (Lipinski definition) is 4. The molecule has 0 heterocycles. The number of hydrogen-bond donors (Lipinski definition) is 1. The third-order valence-electron chi connectivity index (χ3n) is 3.28. The van der Waals surface area contributed by atoms with Crippen molar-refractivity contribution in [2.45, 2.75) is 24.5 Å². The smallest absolute Gasteiger partial charge is 0.387 e. The summed E-state index contributed by atoms with van der Waals surface area (Å²) < 4.78 is 83.7. The van der Waals surface area contributed by atoms with Gasteiger partial charge >= 0.3 is 13.2 Å². The zero-order valence-corrected chi connectivity index (χ0v) is 15.1. The first kappa shape index (κ1) is 21.3. The second kappa shape index (κ2) is 9.25. The molecular weight excluding hydrogens is 414 g/mol. The molecule has 148 valence electrons. The molecule has 0 bridgehead atoms. The maximum absolute atomic E-state index is 12.2. The first-order valence-electron chi connectivity index (χ1n) is 7.45.